The molecule has 12 heteroatoms. The van der Waals surface area contributed by atoms with Crippen molar-refractivity contribution in [2.75, 3.05) is 19.8 Å². The van der Waals surface area contributed by atoms with E-state index in [4.69, 9.17) is 13.8 Å². The summed E-state index contributed by atoms with van der Waals surface area (Å²) < 4.78 is 26.9. The molecular formula is C48H82NO10P. The van der Waals surface area contributed by atoms with Gasteiger partial charge >= 0.3 is 19.8 Å². The van der Waals surface area contributed by atoms with E-state index < -0.39 is 57.6 Å². The number of ether oxygens (including phenoxy) is 1. The molecule has 0 saturated carbocycles. The molecule has 0 rings (SSSR count). The van der Waals surface area contributed by atoms with Crippen molar-refractivity contribution in [3.63, 3.8) is 0 Å². The number of carboxylic acids is 1. The smallest absolute Gasteiger partial charge is 0.472 e. The Morgan fingerprint density at radius 2 is 0.967 bits per heavy atom. The lowest BCUT2D eigenvalue weighted by atomic mass is 10.1. The molecule has 3 unspecified atom stereocenters. The van der Waals surface area contributed by atoms with Gasteiger partial charge in [0.25, 0.3) is 0 Å². The monoisotopic (exact) mass is 864 g/mol. The predicted octanol–water partition coefficient (Wildman–Crippen LogP) is 12.1. The average molecular weight is 864 g/mol. The highest BCUT2D eigenvalue weighted by molar-refractivity contribution is 7.47. The molecule has 0 spiro atoms. The normalized spacial score (nSPS) is 14.3. The molecule has 0 heterocycles. The Bertz CT molecular complexity index is 1290. The van der Waals surface area contributed by atoms with Gasteiger partial charge < -0.3 is 25.2 Å². The quantitative estimate of drug-likeness (QED) is 0.0201. The van der Waals surface area contributed by atoms with Gasteiger partial charge in [0.2, 0.25) is 5.91 Å². The minimum Gasteiger partial charge on any atom is -0.480 e. The topological polar surface area (TPSA) is 169 Å². The van der Waals surface area contributed by atoms with Gasteiger partial charge in [-0.2, -0.15) is 0 Å². The minimum absolute atomic E-state index is 0.130. The van der Waals surface area contributed by atoms with E-state index in [-0.39, 0.29) is 12.8 Å². The molecule has 11 nitrogen and oxygen atoms in total. The molecule has 0 aliphatic rings. The van der Waals surface area contributed by atoms with Crippen molar-refractivity contribution in [2.45, 2.75) is 193 Å². The van der Waals surface area contributed by atoms with Crippen LogP contribution in [-0.4, -0.2) is 64.9 Å². The van der Waals surface area contributed by atoms with Crippen LogP contribution in [0.25, 0.3) is 0 Å². The number of aliphatic hydroxyl groups is 1. The summed E-state index contributed by atoms with van der Waals surface area (Å²) in [7, 11) is -4.77. The fraction of sp³-hybridized carbons (Fsp3) is 0.688. The molecule has 344 valence electrons. The number of carbonyl (C=O) groups is 3. The number of allylic oxidation sites excluding steroid dienone is 12. The number of phosphoric ester groups is 1. The highest BCUT2D eigenvalue weighted by Gasteiger charge is 2.28. The molecule has 0 aliphatic carbocycles. The van der Waals surface area contributed by atoms with Gasteiger partial charge in [-0.05, 0) is 83.5 Å². The molecule has 60 heavy (non-hydrogen) atoms. The molecule has 0 aromatic heterocycles. The van der Waals surface area contributed by atoms with Crippen molar-refractivity contribution < 1.29 is 47.8 Å². The highest BCUT2D eigenvalue weighted by atomic mass is 31.2. The molecule has 0 saturated heterocycles. The van der Waals surface area contributed by atoms with E-state index in [0.29, 0.717) is 12.8 Å². The number of amides is 1. The van der Waals surface area contributed by atoms with E-state index in [1.807, 2.05) is 0 Å². The maximum Gasteiger partial charge on any atom is 0.472 e. The van der Waals surface area contributed by atoms with Gasteiger partial charge in [-0.3, -0.25) is 18.6 Å². The van der Waals surface area contributed by atoms with E-state index in [2.05, 4.69) is 92.1 Å². The Morgan fingerprint density at radius 1 is 0.550 bits per heavy atom. The number of aliphatic carboxylic acids is 1. The third kappa shape index (κ3) is 41.6. The number of unbranched alkanes of at least 4 members (excludes halogenated alkanes) is 16. The number of aliphatic hydroxyl groups excluding tert-OH is 1. The first-order chi connectivity index (χ1) is 29.1. The number of carbonyl (C=O) groups excluding carboxylic acids is 2. The summed E-state index contributed by atoms with van der Waals surface area (Å²) in [6.07, 6.45) is 50.6. The summed E-state index contributed by atoms with van der Waals surface area (Å²) in [5.41, 5.74) is 0. The SMILES string of the molecule is CC/C=C\C/C=C\C/C=C\CCCCCCCCCC(=O)NC(COP(=O)(O)OCC(O)COC(=O)CCCCCCCC/C=C\C/C=C\C/C=C\CCCCC)C(=O)O. The fourth-order valence-corrected chi connectivity index (χ4v) is 6.70. The standard InChI is InChI=1S/C48H82NO10P/c1-3-5-7-9-11-13-15-17-19-21-22-24-26-28-30-32-34-36-38-40-47(52)57-41-44(50)42-58-60(55,56)59-43-45(48(53)54)49-46(51)39-37-35-33-31-29-27-25-23-20-18-16-14-12-10-8-6-4-2/h6,8,11-14,17-20,22,24,44-45,50H,3-5,7,9-10,15-16,21,23,25-43H2,1-2H3,(H,49,51)(H,53,54)(H,55,56)/b8-6-,13-11-,14-12-,19-17-,20-18-,24-22-. The number of rotatable bonds is 42. The first-order valence-corrected chi connectivity index (χ1v) is 24.5. The van der Waals surface area contributed by atoms with Crippen LogP contribution in [0, 0.1) is 0 Å². The van der Waals surface area contributed by atoms with Crippen LogP contribution >= 0.6 is 7.82 Å². The second-order valence-electron chi connectivity index (χ2n) is 15.2. The molecule has 0 aliphatic heterocycles. The lowest BCUT2D eigenvalue weighted by Crippen LogP contribution is -2.43. The van der Waals surface area contributed by atoms with Crippen molar-refractivity contribution >= 4 is 25.7 Å². The number of hydrogen-bond donors (Lipinski definition) is 4. The van der Waals surface area contributed by atoms with E-state index in [9.17, 15) is 34.1 Å². The van der Waals surface area contributed by atoms with Gasteiger partial charge in [0.1, 0.15) is 12.7 Å². The number of phosphoric acid groups is 1. The number of carboxylic acid groups (broad SMARTS) is 1. The molecule has 0 bridgehead atoms. The minimum atomic E-state index is -4.77. The number of esters is 1. The Morgan fingerprint density at radius 3 is 1.45 bits per heavy atom. The zero-order valence-corrected chi connectivity index (χ0v) is 38.1. The summed E-state index contributed by atoms with van der Waals surface area (Å²) >= 11 is 0. The predicted molar refractivity (Wildman–Crippen MR) is 244 cm³/mol. The summed E-state index contributed by atoms with van der Waals surface area (Å²) in [5.74, 6) is -2.41. The van der Waals surface area contributed by atoms with Crippen molar-refractivity contribution in [3.8, 4) is 0 Å². The zero-order chi connectivity index (χ0) is 44.2. The lowest BCUT2D eigenvalue weighted by molar-refractivity contribution is -0.147. The zero-order valence-electron chi connectivity index (χ0n) is 37.2. The van der Waals surface area contributed by atoms with Crippen LogP contribution in [0.5, 0.6) is 0 Å². The largest absolute Gasteiger partial charge is 0.480 e. The van der Waals surface area contributed by atoms with Crippen LogP contribution in [0.2, 0.25) is 0 Å². The second-order valence-corrected chi connectivity index (χ2v) is 16.7. The van der Waals surface area contributed by atoms with Crippen molar-refractivity contribution in [2.24, 2.45) is 0 Å². The summed E-state index contributed by atoms with van der Waals surface area (Å²) in [6.45, 7) is 2.43. The fourth-order valence-electron chi connectivity index (χ4n) is 5.92. The molecule has 0 aromatic carbocycles. The van der Waals surface area contributed by atoms with Gasteiger partial charge in [0.15, 0.2) is 6.04 Å². The van der Waals surface area contributed by atoms with Crippen LogP contribution < -0.4 is 5.32 Å². The van der Waals surface area contributed by atoms with Gasteiger partial charge in [-0.15, -0.1) is 0 Å². The Labute approximate surface area is 363 Å². The van der Waals surface area contributed by atoms with E-state index >= 15 is 0 Å². The van der Waals surface area contributed by atoms with E-state index in [0.717, 1.165) is 116 Å². The Balaban J connectivity index is 3.92. The first kappa shape index (κ1) is 56.9. The van der Waals surface area contributed by atoms with Gasteiger partial charge in [-0.25, -0.2) is 9.36 Å². The van der Waals surface area contributed by atoms with Crippen LogP contribution in [0.15, 0.2) is 72.9 Å². The third-order valence-corrected chi connectivity index (χ3v) is 10.4. The maximum absolute atomic E-state index is 12.3. The molecule has 0 radical (unpaired) electrons. The first-order valence-electron chi connectivity index (χ1n) is 23.0. The molecule has 1 amide bonds. The lowest BCUT2D eigenvalue weighted by Gasteiger charge is -2.18. The Kier molecular flexibility index (Phi) is 40.4. The van der Waals surface area contributed by atoms with E-state index in [1.165, 1.54) is 25.7 Å². The van der Waals surface area contributed by atoms with Crippen LogP contribution in [0.3, 0.4) is 0 Å². The van der Waals surface area contributed by atoms with Crippen LogP contribution in [0.4, 0.5) is 0 Å². The number of nitrogens with one attached hydrogen (secondary N) is 1. The summed E-state index contributed by atoms with van der Waals surface area (Å²) in [5, 5.41) is 21.9. The van der Waals surface area contributed by atoms with E-state index in [1.54, 1.807) is 0 Å². The van der Waals surface area contributed by atoms with Crippen molar-refractivity contribution in [1.82, 2.24) is 5.32 Å². The molecule has 0 aromatic rings. The average Bonchev–Trinajstić information content (AvgIpc) is 3.22. The van der Waals surface area contributed by atoms with Crippen molar-refractivity contribution in [3.05, 3.63) is 72.9 Å². The third-order valence-electron chi connectivity index (χ3n) is 9.48. The summed E-state index contributed by atoms with van der Waals surface area (Å²) in [4.78, 5) is 46.0. The second kappa shape index (κ2) is 42.6. The van der Waals surface area contributed by atoms with Crippen LogP contribution in [-0.2, 0) is 32.7 Å². The van der Waals surface area contributed by atoms with Gasteiger partial charge in [0.05, 0.1) is 13.2 Å². The summed E-state index contributed by atoms with van der Waals surface area (Å²) in [6, 6.07) is -1.56. The van der Waals surface area contributed by atoms with Crippen molar-refractivity contribution in [1.29, 1.82) is 0 Å². The number of hydrogen-bond acceptors (Lipinski definition) is 8. The van der Waals surface area contributed by atoms with Gasteiger partial charge in [-0.1, -0.05) is 157 Å². The molecule has 0 fully saturated rings. The van der Waals surface area contributed by atoms with Crippen LogP contribution in [0.1, 0.15) is 181 Å². The molecule has 4 N–H and O–H groups in total. The molecular weight excluding hydrogens is 781 g/mol. The highest BCUT2D eigenvalue weighted by Crippen LogP contribution is 2.43. The Hall–Kier alpha value is -3.08. The molecule has 3 atom stereocenters. The van der Waals surface area contributed by atoms with Gasteiger partial charge in [0, 0.05) is 12.8 Å². The maximum atomic E-state index is 12.3.